The van der Waals surface area contributed by atoms with Crippen molar-refractivity contribution in [3.05, 3.63) is 29.8 Å². The first-order valence-electron chi connectivity index (χ1n) is 6.60. The van der Waals surface area contributed by atoms with Gasteiger partial charge in [0.1, 0.15) is 17.7 Å². The smallest absolute Gasteiger partial charge is 0.324 e. The first-order valence-corrected chi connectivity index (χ1v) is 7.59. The van der Waals surface area contributed by atoms with Crippen LogP contribution in [0, 0.1) is 11.6 Å². The van der Waals surface area contributed by atoms with Crippen LogP contribution in [0.5, 0.6) is 0 Å². The highest BCUT2D eigenvalue weighted by Crippen LogP contribution is 2.25. The van der Waals surface area contributed by atoms with Gasteiger partial charge < -0.3 is 10.1 Å². The van der Waals surface area contributed by atoms with Crippen molar-refractivity contribution in [2.75, 3.05) is 12.4 Å². The Balaban J connectivity index is 1.94. The molecule has 6 heteroatoms. The van der Waals surface area contributed by atoms with Crippen molar-refractivity contribution in [1.29, 1.82) is 0 Å². The average molecular weight is 301 g/mol. The largest absolute Gasteiger partial charge is 0.465 e. The predicted molar refractivity (Wildman–Crippen MR) is 73.7 cm³/mol. The topological polar surface area (TPSA) is 38.3 Å². The number of rotatable bonds is 7. The normalized spacial score (nSPS) is 15.9. The second-order valence-electron chi connectivity index (χ2n) is 4.63. The van der Waals surface area contributed by atoms with Crippen LogP contribution in [0.1, 0.15) is 19.8 Å². The van der Waals surface area contributed by atoms with E-state index in [1.54, 1.807) is 6.92 Å². The van der Waals surface area contributed by atoms with Crippen LogP contribution < -0.4 is 5.32 Å². The van der Waals surface area contributed by atoms with Gasteiger partial charge in [0.25, 0.3) is 0 Å². The monoisotopic (exact) mass is 301 g/mol. The maximum atomic E-state index is 13.5. The van der Waals surface area contributed by atoms with E-state index in [2.05, 4.69) is 5.32 Å². The molecule has 1 aliphatic carbocycles. The lowest BCUT2D eigenvalue weighted by Gasteiger charge is -2.16. The molecule has 20 heavy (non-hydrogen) atoms. The Morgan fingerprint density at radius 2 is 2.25 bits per heavy atom. The Morgan fingerprint density at radius 3 is 2.85 bits per heavy atom. The second kappa shape index (κ2) is 7.04. The lowest BCUT2D eigenvalue weighted by molar-refractivity contribution is -0.145. The van der Waals surface area contributed by atoms with E-state index in [1.807, 2.05) is 0 Å². The number of halogens is 2. The summed E-state index contributed by atoms with van der Waals surface area (Å²) in [5, 5.41) is 3.18. The standard InChI is InChI=1S/C14H17F2NO2S/c1-2-19-14(18)12(17-10-4-5-10)8-20-13-6-3-9(15)7-11(13)16/h3,6-7,10,12,17H,2,4-5,8H2,1H3. The summed E-state index contributed by atoms with van der Waals surface area (Å²) in [5.74, 6) is -1.18. The van der Waals surface area contributed by atoms with Crippen LogP contribution in [0.25, 0.3) is 0 Å². The van der Waals surface area contributed by atoms with Gasteiger partial charge in [-0.1, -0.05) is 0 Å². The summed E-state index contributed by atoms with van der Waals surface area (Å²) in [5.41, 5.74) is 0. The maximum absolute atomic E-state index is 13.5. The highest BCUT2D eigenvalue weighted by atomic mass is 32.2. The van der Waals surface area contributed by atoms with Crippen LogP contribution in [0.4, 0.5) is 8.78 Å². The van der Waals surface area contributed by atoms with Gasteiger partial charge in [-0.05, 0) is 31.9 Å². The van der Waals surface area contributed by atoms with Crippen LogP contribution in [0.2, 0.25) is 0 Å². The number of ether oxygens (including phenoxy) is 1. The maximum Gasteiger partial charge on any atom is 0.324 e. The molecular weight excluding hydrogens is 284 g/mol. The van der Waals surface area contributed by atoms with Gasteiger partial charge in [-0.3, -0.25) is 4.79 Å². The minimum atomic E-state index is -0.607. The van der Waals surface area contributed by atoms with Gasteiger partial charge in [-0.25, -0.2) is 8.78 Å². The van der Waals surface area contributed by atoms with Gasteiger partial charge >= 0.3 is 5.97 Å². The molecule has 0 amide bonds. The van der Waals surface area contributed by atoms with Crippen LogP contribution in [0.15, 0.2) is 23.1 Å². The zero-order valence-electron chi connectivity index (χ0n) is 11.2. The highest BCUT2D eigenvalue weighted by molar-refractivity contribution is 7.99. The molecule has 1 aromatic carbocycles. The van der Waals surface area contributed by atoms with Crippen molar-refractivity contribution in [2.24, 2.45) is 0 Å². The van der Waals surface area contributed by atoms with Gasteiger partial charge in [-0.15, -0.1) is 11.8 Å². The third-order valence-electron chi connectivity index (χ3n) is 2.88. The summed E-state index contributed by atoms with van der Waals surface area (Å²) < 4.78 is 31.3. The minimum absolute atomic E-state index is 0.317. The number of esters is 1. The number of benzene rings is 1. The van der Waals surface area contributed by atoms with E-state index in [1.165, 1.54) is 23.9 Å². The van der Waals surface area contributed by atoms with Gasteiger partial charge in [-0.2, -0.15) is 0 Å². The Labute approximate surface area is 121 Å². The molecule has 3 nitrogen and oxygen atoms in total. The molecule has 0 aliphatic heterocycles. The number of thioether (sulfide) groups is 1. The quantitative estimate of drug-likeness (QED) is 0.621. The van der Waals surface area contributed by atoms with Crippen molar-refractivity contribution in [2.45, 2.75) is 36.7 Å². The molecule has 2 rings (SSSR count). The third kappa shape index (κ3) is 4.45. The van der Waals surface area contributed by atoms with E-state index in [0.29, 0.717) is 23.3 Å². The summed E-state index contributed by atoms with van der Waals surface area (Å²) >= 11 is 1.18. The first kappa shape index (κ1) is 15.3. The summed E-state index contributed by atoms with van der Waals surface area (Å²) in [6.07, 6.45) is 2.09. The number of carbonyl (C=O) groups is 1. The molecule has 0 saturated heterocycles. The second-order valence-corrected chi connectivity index (χ2v) is 5.69. The summed E-state index contributed by atoms with van der Waals surface area (Å²) in [6.45, 7) is 2.07. The Morgan fingerprint density at radius 1 is 1.50 bits per heavy atom. The van der Waals surface area contributed by atoms with E-state index >= 15 is 0 Å². The fraction of sp³-hybridized carbons (Fsp3) is 0.500. The number of hydrogen-bond donors (Lipinski definition) is 1. The Bertz CT molecular complexity index is 480. The summed E-state index contributed by atoms with van der Waals surface area (Å²) in [7, 11) is 0. The van der Waals surface area contributed by atoms with Crippen LogP contribution >= 0.6 is 11.8 Å². The lowest BCUT2D eigenvalue weighted by Crippen LogP contribution is -2.41. The van der Waals surface area contributed by atoms with Gasteiger partial charge in [0, 0.05) is 22.8 Å². The van der Waals surface area contributed by atoms with E-state index in [4.69, 9.17) is 4.74 Å². The molecule has 1 atom stereocenters. The van der Waals surface area contributed by atoms with Gasteiger partial charge in [0.15, 0.2) is 0 Å². The molecule has 0 heterocycles. The van der Waals surface area contributed by atoms with Crippen molar-refractivity contribution < 1.29 is 18.3 Å². The molecular formula is C14H17F2NO2S. The molecule has 1 aliphatic rings. The van der Waals surface area contributed by atoms with Crippen LogP contribution in [-0.4, -0.2) is 30.4 Å². The molecule has 1 fully saturated rings. The molecule has 0 aromatic heterocycles. The fourth-order valence-corrected chi connectivity index (χ4v) is 2.67. The van der Waals surface area contributed by atoms with E-state index in [0.717, 1.165) is 18.9 Å². The van der Waals surface area contributed by atoms with Crippen molar-refractivity contribution >= 4 is 17.7 Å². The first-order chi connectivity index (χ1) is 9.60. The van der Waals surface area contributed by atoms with Gasteiger partial charge in [0.2, 0.25) is 0 Å². The molecule has 110 valence electrons. The zero-order chi connectivity index (χ0) is 14.5. The highest BCUT2D eigenvalue weighted by Gasteiger charge is 2.29. The van der Waals surface area contributed by atoms with Gasteiger partial charge in [0.05, 0.1) is 6.61 Å². The van der Waals surface area contributed by atoms with Crippen LogP contribution in [-0.2, 0) is 9.53 Å². The predicted octanol–water partition coefficient (Wildman–Crippen LogP) is 2.74. The Kier molecular flexibility index (Phi) is 5.37. The lowest BCUT2D eigenvalue weighted by atomic mass is 10.3. The van der Waals surface area contributed by atoms with Crippen molar-refractivity contribution in [3.8, 4) is 0 Å². The third-order valence-corrected chi connectivity index (χ3v) is 4.03. The van der Waals surface area contributed by atoms with Crippen molar-refractivity contribution in [3.63, 3.8) is 0 Å². The van der Waals surface area contributed by atoms with Crippen LogP contribution in [0.3, 0.4) is 0 Å². The molecule has 0 radical (unpaired) electrons. The molecule has 1 saturated carbocycles. The minimum Gasteiger partial charge on any atom is -0.465 e. The summed E-state index contributed by atoms with van der Waals surface area (Å²) in [6, 6.07) is 3.32. The van der Waals surface area contributed by atoms with E-state index < -0.39 is 17.7 Å². The van der Waals surface area contributed by atoms with E-state index in [-0.39, 0.29) is 5.97 Å². The van der Waals surface area contributed by atoms with Crippen molar-refractivity contribution in [1.82, 2.24) is 5.32 Å². The fourth-order valence-electron chi connectivity index (χ4n) is 1.73. The molecule has 1 unspecified atom stereocenters. The number of hydrogen-bond acceptors (Lipinski definition) is 4. The zero-order valence-corrected chi connectivity index (χ0v) is 12.0. The Hall–Kier alpha value is -1.14. The average Bonchev–Trinajstić information content (AvgIpc) is 3.20. The SMILES string of the molecule is CCOC(=O)C(CSc1ccc(F)cc1F)NC1CC1. The summed E-state index contributed by atoms with van der Waals surface area (Å²) in [4.78, 5) is 12.1. The number of nitrogens with one attached hydrogen (secondary N) is 1. The van der Waals surface area contributed by atoms with E-state index in [9.17, 15) is 13.6 Å². The number of carbonyl (C=O) groups excluding carboxylic acids is 1. The molecule has 0 bridgehead atoms. The molecule has 1 aromatic rings. The molecule has 1 N–H and O–H groups in total. The molecule has 0 spiro atoms.